The van der Waals surface area contributed by atoms with Crippen molar-refractivity contribution < 1.29 is 19.1 Å². The van der Waals surface area contributed by atoms with Crippen LogP contribution in [0.2, 0.25) is 0 Å². The lowest BCUT2D eigenvalue weighted by molar-refractivity contribution is -0.159. The van der Waals surface area contributed by atoms with Crippen LogP contribution in [0.1, 0.15) is 245 Å². The summed E-state index contributed by atoms with van der Waals surface area (Å²) in [6, 6.07) is 0. The number of thiol groups is 1. The number of carbonyl (C=O) groups excluding carboxylic acids is 2. The molecule has 0 aliphatic heterocycles. The first-order valence-electron chi connectivity index (χ1n) is 24.2. The van der Waals surface area contributed by atoms with Gasteiger partial charge < -0.3 is 20.1 Å². The summed E-state index contributed by atoms with van der Waals surface area (Å²) in [5, 5.41) is 7.16. The first-order chi connectivity index (χ1) is 27.1. The van der Waals surface area contributed by atoms with Crippen LogP contribution in [0, 0.1) is 0 Å². The maximum absolute atomic E-state index is 12.7. The summed E-state index contributed by atoms with van der Waals surface area (Å²) in [7, 11) is 1.64. The fourth-order valence-corrected chi connectivity index (χ4v) is 7.90. The van der Waals surface area contributed by atoms with Crippen molar-refractivity contribution >= 4 is 34.4 Å². The molecule has 0 bridgehead atoms. The molecule has 2 N–H and O–H groups in total. The molecule has 0 heterocycles. The van der Waals surface area contributed by atoms with E-state index in [0.717, 1.165) is 76.8 Å². The quantitative estimate of drug-likeness (QED) is 0.0244. The van der Waals surface area contributed by atoms with Crippen molar-refractivity contribution in [2.24, 2.45) is 0 Å². The van der Waals surface area contributed by atoms with Crippen molar-refractivity contribution in [3.8, 4) is 0 Å². The predicted molar refractivity (Wildman–Crippen MR) is 246 cm³/mol. The number of esters is 2. The van der Waals surface area contributed by atoms with Gasteiger partial charge in [0.05, 0.1) is 0 Å². The van der Waals surface area contributed by atoms with Crippen LogP contribution in [-0.2, 0) is 19.1 Å². The lowest BCUT2D eigenvalue weighted by atomic mass is 10.1. The minimum Gasteiger partial charge on any atom is -0.462 e. The molecule has 0 aliphatic rings. The Morgan fingerprint density at radius 3 is 1.22 bits per heavy atom. The summed E-state index contributed by atoms with van der Waals surface area (Å²) in [5.41, 5.74) is 0. The van der Waals surface area contributed by atoms with Gasteiger partial charge in [-0.3, -0.25) is 9.59 Å². The highest BCUT2D eigenvalue weighted by Crippen LogP contribution is 2.16. The van der Waals surface area contributed by atoms with E-state index < -0.39 is 0 Å². The zero-order valence-corrected chi connectivity index (χ0v) is 38.5. The Morgan fingerprint density at radius 1 is 0.455 bits per heavy atom. The second kappa shape index (κ2) is 47.9. The Bertz CT molecular complexity index is 775. The maximum atomic E-state index is 12.7. The van der Waals surface area contributed by atoms with E-state index >= 15 is 0 Å². The van der Waals surface area contributed by atoms with Crippen molar-refractivity contribution in [3.05, 3.63) is 0 Å². The van der Waals surface area contributed by atoms with E-state index in [9.17, 15) is 9.59 Å². The number of hydrogen-bond acceptors (Lipinski definition) is 8. The van der Waals surface area contributed by atoms with E-state index in [2.05, 4.69) is 36.1 Å². The number of unbranched alkanes of at least 4 members (excludes halogenated alkanes) is 28. The van der Waals surface area contributed by atoms with Gasteiger partial charge in [0.15, 0.2) is 0 Å². The molecular weight excluding hydrogens is 721 g/mol. The predicted octanol–water partition coefficient (Wildman–Crippen LogP) is 14.3. The van der Waals surface area contributed by atoms with Gasteiger partial charge in [-0.25, -0.2) is 0 Å². The van der Waals surface area contributed by atoms with Crippen molar-refractivity contribution in [1.29, 1.82) is 0 Å². The molecule has 55 heavy (non-hydrogen) atoms. The zero-order chi connectivity index (χ0) is 40.0. The molecule has 0 aromatic rings. The molecule has 6 nitrogen and oxygen atoms in total. The fourth-order valence-electron chi connectivity index (χ4n) is 7.24. The molecule has 0 aromatic carbocycles. The van der Waals surface area contributed by atoms with Gasteiger partial charge in [-0.1, -0.05) is 192 Å². The maximum Gasteiger partial charge on any atom is 0.306 e. The monoisotopic (exact) mass is 815 g/mol. The first kappa shape index (κ1) is 54.6. The van der Waals surface area contributed by atoms with Gasteiger partial charge >= 0.3 is 11.9 Å². The second-order valence-electron chi connectivity index (χ2n) is 16.4. The number of ether oxygens (including phenoxy) is 2. The molecule has 8 heteroatoms. The summed E-state index contributed by atoms with van der Waals surface area (Å²) in [6.45, 7) is 9.17. The molecule has 0 rings (SSSR count). The largest absolute Gasteiger partial charge is 0.462 e. The van der Waals surface area contributed by atoms with Crippen molar-refractivity contribution in [1.82, 2.24) is 10.6 Å². The van der Waals surface area contributed by atoms with Crippen molar-refractivity contribution in [2.75, 3.05) is 38.5 Å². The van der Waals surface area contributed by atoms with Crippen LogP contribution in [0.4, 0.5) is 0 Å². The van der Waals surface area contributed by atoms with Gasteiger partial charge in [-0.05, 0) is 77.5 Å². The Morgan fingerprint density at radius 2 is 0.800 bits per heavy atom. The van der Waals surface area contributed by atoms with Crippen LogP contribution in [-0.4, -0.2) is 56.6 Å². The fraction of sp³-hybridized carbons (Fsp3) is 0.957. The van der Waals surface area contributed by atoms with Gasteiger partial charge in [-0.2, -0.15) is 0 Å². The number of hydrogen-bond donors (Lipinski definition) is 3. The van der Waals surface area contributed by atoms with Gasteiger partial charge in [0.25, 0.3) is 0 Å². The minimum absolute atomic E-state index is 0.130. The van der Waals surface area contributed by atoms with E-state index in [0.29, 0.717) is 12.8 Å². The van der Waals surface area contributed by atoms with Crippen LogP contribution in [0.15, 0.2) is 0 Å². The molecule has 1 atom stereocenters. The average molecular weight is 815 g/mol. The third-order valence-corrected chi connectivity index (χ3v) is 11.9. The Hall–Kier alpha value is -0.440. The van der Waals surface area contributed by atoms with Crippen LogP contribution in [0.3, 0.4) is 0 Å². The smallest absolute Gasteiger partial charge is 0.306 e. The van der Waals surface area contributed by atoms with Gasteiger partial charge in [-0.15, -0.1) is 11.7 Å². The van der Waals surface area contributed by atoms with E-state index in [-0.39, 0.29) is 24.6 Å². The molecule has 0 saturated carbocycles. The van der Waals surface area contributed by atoms with E-state index in [1.54, 1.807) is 10.8 Å². The molecule has 0 radical (unpaired) electrons. The summed E-state index contributed by atoms with van der Waals surface area (Å²) >= 11 is 4.18. The average Bonchev–Trinajstić information content (AvgIpc) is 3.18. The summed E-state index contributed by atoms with van der Waals surface area (Å²) in [5.74, 6) is 0.862. The lowest BCUT2D eigenvalue weighted by Crippen LogP contribution is -2.25. The van der Waals surface area contributed by atoms with Gasteiger partial charge in [0.2, 0.25) is 0 Å². The van der Waals surface area contributed by atoms with Gasteiger partial charge in [0.1, 0.15) is 12.7 Å². The number of carbonyl (C=O) groups is 2. The van der Waals surface area contributed by atoms with E-state index in [4.69, 9.17) is 9.47 Å². The minimum atomic E-state index is -0.323. The van der Waals surface area contributed by atoms with E-state index in [1.807, 2.05) is 0 Å². The van der Waals surface area contributed by atoms with Crippen LogP contribution in [0.25, 0.3) is 0 Å². The highest BCUT2D eigenvalue weighted by atomic mass is 33.1. The normalized spacial score (nSPS) is 12.0. The molecule has 0 spiro atoms. The topological polar surface area (TPSA) is 76.7 Å². The Balaban J connectivity index is 4.01. The Labute approximate surface area is 352 Å². The van der Waals surface area contributed by atoms with Crippen LogP contribution >= 0.6 is 22.5 Å². The molecule has 0 amide bonds. The molecule has 328 valence electrons. The second-order valence-corrected chi connectivity index (χ2v) is 17.8. The molecular formula is C47H94N2O4S2. The number of nitrogens with one attached hydrogen (secondary N) is 2. The van der Waals surface area contributed by atoms with E-state index in [1.165, 1.54) is 173 Å². The molecule has 0 aliphatic carbocycles. The SMILES string of the molecule is CCCCCCCCCCCC(=O)OCC(CCCCCNCCCCCCCCCCCCCNCCCSS)OC(=O)CCCCCCCCCCC. The van der Waals surface area contributed by atoms with Crippen LogP contribution in [0.5, 0.6) is 0 Å². The highest BCUT2D eigenvalue weighted by Gasteiger charge is 2.17. The molecule has 1 unspecified atom stereocenters. The zero-order valence-electron chi connectivity index (χ0n) is 36.8. The molecule has 0 aromatic heterocycles. The van der Waals surface area contributed by atoms with Crippen molar-refractivity contribution in [3.63, 3.8) is 0 Å². The summed E-state index contributed by atoms with van der Waals surface area (Å²) < 4.78 is 11.5. The third kappa shape index (κ3) is 46.1. The number of rotatable bonds is 47. The molecule has 0 fully saturated rings. The van der Waals surface area contributed by atoms with Crippen molar-refractivity contribution in [2.45, 2.75) is 251 Å². The van der Waals surface area contributed by atoms with Gasteiger partial charge in [0, 0.05) is 18.6 Å². The Kier molecular flexibility index (Phi) is 47.5. The molecule has 0 saturated heterocycles. The van der Waals surface area contributed by atoms with Crippen LogP contribution < -0.4 is 10.6 Å². The lowest BCUT2D eigenvalue weighted by Gasteiger charge is -2.18. The first-order valence-corrected chi connectivity index (χ1v) is 26.2. The third-order valence-electron chi connectivity index (χ3n) is 10.9. The highest BCUT2D eigenvalue weighted by molar-refractivity contribution is 8.68. The summed E-state index contributed by atoms with van der Waals surface area (Å²) in [6.07, 6.45) is 43.0. The summed E-state index contributed by atoms with van der Waals surface area (Å²) in [4.78, 5) is 25.2. The standard InChI is InChI=1S/C47H94N2O4S2/c1-3-5-7-9-11-16-20-24-30-37-46(50)52-44-45(53-47(51)38-31-25-21-17-12-10-8-6-4-2)36-29-28-34-41-48-39-32-26-22-18-14-13-15-19-23-27-33-40-49-42-35-43-55-54/h45,48-49,54H,3-44H2,1-2H3.